The summed E-state index contributed by atoms with van der Waals surface area (Å²) in [5, 5.41) is 5.81. The van der Waals surface area contributed by atoms with Gasteiger partial charge in [-0.25, -0.2) is 4.79 Å². The maximum Gasteiger partial charge on any atom is 0.407 e. The van der Waals surface area contributed by atoms with Crippen LogP contribution in [0.1, 0.15) is 28.8 Å². The minimum Gasteiger partial charge on any atom is -0.453 e. The van der Waals surface area contributed by atoms with Crippen LogP contribution in [0.2, 0.25) is 0 Å². The molecule has 2 aromatic rings. The van der Waals surface area contributed by atoms with Crippen molar-refractivity contribution in [3.63, 3.8) is 0 Å². The Morgan fingerprint density at radius 1 is 1.15 bits per heavy atom. The van der Waals surface area contributed by atoms with Crippen LogP contribution in [0, 0.1) is 0 Å². The van der Waals surface area contributed by atoms with Gasteiger partial charge < -0.3 is 20.3 Å². The third kappa shape index (κ3) is 4.97. The summed E-state index contributed by atoms with van der Waals surface area (Å²) in [5.74, 6) is -0.0998. The van der Waals surface area contributed by atoms with Crippen molar-refractivity contribution < 1.29 is 14.3 Å². The third-order valence-corrected chi connectivity index (χ3v) is 4.69. The molecule has 2 heterocycles. The lowest BCUT2D eigenvalue weighted by molar-refractivity contribution is 0.0951. The Kier molecular flexibility index (Phi) is 6.25. The second-order valence-electron chi connectivity index (χ2n) is 6.45. The van der Waals surface area contributed by atoms with Gasteiger partial charge in [-0.1, -0.05) is 12.1 Å². The van der Waals surface area contributed by atoms with Gasteiger partial charge in [0.15, 0.2) is 0 Å². The maximum absolute atomic E-state index is 12.7. The van der Waals surface area contributed by atoms with Crippen molar-refractivity contribution in [1.29, 1.82) is 0 Å². The van der Waals surface area contributed by atoms with Crippen LogP contribution >= 0.6 is 0 Å². The standard InChI is InChI=1S/C20H24N4O3/c1-27-20(26)23-16-8-12-24(13-9-16)18-5-3-2-4-17(18)19(25)22-14-15-6-10-21-11-7-15/h2-7,10-11,16H,8-9,12-14H2,1H3,(H,22,25)(H,23,26). The zero-order valence-corrected chi connectivity index (χ0v) is 15.4. The number of hydrogen-bond acceptors (Lipinski definition) is 5. The summed E-state index contributed by atoms with van der Waals surface area (Å²) in [6.07, 6.45) is 4.64. The number of carbonyl (C=O) groups is 2. The molecule has 0 saturated carbocycles. The molecule has 1 aliphatic rings. The van der Waals surface area contributed by atoms with Crippen LogP contribution in [-0.4, -0.2) is 43.2 Å². The van der Waals surface area contributed by atoms with Gasteiger partial charge in [0.2, 0.25) is 0 Å². The number of amides is 2. The number of rotatable bonds is 5. The fourth-order valence-electron chi connectivity index (χ4n) is 3.21. The highest BCUT2D eigenvalue weighted by atomic mass is 16.5. The van der Waals surface area contributed by atoms with E-state index in [9.17, 15) is 9.59 Å². The molecule has 0 bridgehead atoms. The molecule has 1 saturated heterocycles. The zero-order chi connectivity index (χ0) is 19.1. The molecule has 1 aliphatic heterocycles. The van der Waals surface area contributed by atoms with Gasteiger partial charge in [0.25, 0.3) is 5.91 Å². The van der Waals surface area contributed by atoms with Gasteiger partial charge >= 0.3 is 6.09 Å². The molecular weight excluding hydrogens is 344 g/mol. The van der Waals surface area contributed by atoms with E-state index in [1.54, 1.807) is 12.4 Å². The first-order valence-electron chi connectivity index (χ1n) is 9.03. The van der Waals surface area contributed by atoms with E-state index in [-0.39, 0.29) is 11.9 Å². The molecule has 27 heavy (non-hydrogen) atoms. The van der Waals surface area contributed by atoms with Crippen molar-refractivity contribution in [2.75, 3.05) is 25.1 Å². The van der Waals surface area contributed by atoms with Crippen LogP contribution in [0.5, 0.6) is 0 Å². The molecule has 7 heteroatoms. The van der Waals surface area contributed by atoms with Crippen molar-refractivity contribution >= 4 is 17.7 Å². The van der Waals surface area contributed by atoms with E-state index < -0.39 is 6.09 Å². The van der Waals surface area contributed by atoms with Crippen molar-refractivity contribution in [3.05, 3.63) is 59.9 Å². The number of nitrogens with one attached hydrogen (secondary N) is 2. The van der Waals surface area contributed by atoms with Gasteiger partial charge in [0, 0.05) is 43.8 Å². The first-order valence-corrected chi connectivity index (χ1v) is 9.03. The second kappa shape index (κ2) is 9.02. The van der Waals surface area contributed by atoms with Crippen LogP contribution < -0.4 is 15.5 Å². The predicted octanol–water partition coefficient (Wildman–Crippen LogP) is 2.34. The first-order chi connectivity index (χ1) is 13.2. The van der Waals surface area contributed by atoms with E-state index in [0.717, 1.165) is 37.2 Å². The molecule has 2 amide bonds. The molecular formula is C20H24N4O3. The van der Waals surface area contributed by atoms with E-state index in [1.165, 1.54) is 7.11 Å². The molecule has 1 fully saturated rings. The van der Waals surface area contributed by atoms with Crippen molar-refractivity contribution in [3.8, 4) is 0 Å². The molecule has 0 unspecified atom stereocenters. The Bertz CT molecular complexity index is 774. The summed E-state index contributed by atoms with van der Waals surface area (Å²) in [4.78, 5) is 30.2. The van der Waals surface area contributed by atoms with Gasteiger partial charge in [0.05, 0.1) is 12.7 Å². The predicted molar refractivity (Wildman–Crippen MR) is 103 cm³/mol. The number of pyridine rings is 1. The summed E-state index contributed by atoms with van der Waals surface area (Å²) in [7, 11) is 1.37. The quantitative estimate of drug-likeness (QED) is 0.846. The number of carbonyl (C=O) groups excluding carboxylic acids is 2. The number of para-hydroxylation sites is 1. The summed E-state index contributed by atoms with van der Waals surface area (Å²) in [5.41, 5.74) is 2.58. The van der Waals surface area contributed by atoms with Gasteiger partial charge in [-0.05, 0) is 42.7 Å². The molecule has 142 valence electrons. The molecule has 0 radical (unpaired) electrons. The Morgan fingerprint density at radius 2 is 1.85 bits per heavy atom. The number of nitrogens with zero attached hydrogens (tertiary/aromatic N) is 2. The fourth-order valence-corrected chi connectivity index (χ4v) is 3.21. The van der Waals surface area contributed by atoms with Crippen molar-refractivity contribution in [2.24, 2.45) is 0 Å². The highest BCUT2D eigenvalue weighted by Crippen LogP contribution is 2.24. The molecule has 1 aromatic carbocycles. The number of methoxy groups -OCH3 is 1. The minimum atomic E-state index is -0.399. The molecule has 2 N–H and O–H groups in total. The fraction of sp³-hybridized carbons (Fsp3) is 0.350. The molecule has 7 nitrogen and oxygen atoms in total. The average Bonchev–Trinajstić information content (AvgIpc) is 2.73. The van der Waals surface area contributed by atoms with Gasteiger partial charge in [0.1, 0.15) is 0 Å². The smallest absolute Gasteiger partial charge is 0.407 e. The van der Waals surface area contributed by atoms with Gasteiger partial charge in [-0.2, -0.15) is 0 Å². The number of ether oxygens (including phenoxy) is 1. The molecule has 1 aromatic heterocycles. The van der Waals surface area contributed by atoms with Gasteiger partial charge in [-0.15, -0.1) is 0 Å². The minimum absolute atomic E-state index is 0.0985. The van der Waals surface area contributed by atoms with Crippen molar-refractivity contribution in [1.82, 2.24) is 15.6 Å². The monoisotopic (exact) mass is 368 g/mol. The first kappa shape index (κ1) is 18.7. The van der Waals surface area contributed by atoms with E-state index in [2.05, 4.69) is 25.3 Å². The third-order valence-electron chi connectivity index (χ3n) is 4.69. The highest BCUT2D eigenvalue weighted by molar-refractivity contribution is 5.99. The van der Waals surface area contributed by atoms with Crippen LogP contribution in [0.4, 0.5) is 10.5 Å². The Balaban J connectivity index is 1.62. The topological polar surface area (TPSA) is 83.6 Å². The van der Waals surface area contributed by atoms with Crippen LogP contribution in [0.3, 0.4) is 0 Å². The number of aromatic nitrogens is 1. The lowest BCUT2D eigenvalue weighted by atomic mass is 10.0. The highest BCUT2D eigenvalue weighted by Gasteiger charge is 2.23. The number of piperidine rings is 1. The van der Waals surface area contributed by atoms with E-state index in [1.807, 2.05) is 36.4 Å². The lowest BCUT2D eigenvalue weighted by Crippen LogP contribution is -2.45. The Morgan fingerprint density at radius 3 is 2.56 bits per heavy atom. The van der Waals surface area contributed by atoms with E-state index >= 15 is 0 Å². The summed E-state index contributed by atoms with van der Waals surface area (Å²) < 4.78 is 4.66. The van der Waals surface area contributed by atoms with E-state index in [4.69, 9.17) is 0 Å². The number of hydrogen-bond donors (Lipinski definition) is 2. The lowest BCUT2D eigenvalue weighted by Gasteiger charge is -2.34. The largest absolute Gasteiger partial charge is 0.453 e. The zero-order valence-electron chi connectivity index (χ0n) is 15.4. The number of anilines is 1. The second-order valence-corrected chi connectivity index (χ2v) is 6.45. The van der Waals surface area contributed by atoms with Crippen LogP contribution in [0.15, 0.2) is 48.8 Å². The SMILES string of the molecule is COC(=O)NC1CCN(c2ccccc2C(=O)NCc2ccncc2)CC1. The van der Waals surface area contributed by atoms with Crippen LogP contribution in [-0.2, 0) is 11.3 Å². The number of benzene rings is 1. The summed E-state index contributed by atoms with van der Waals surface area (Å²) in [6.45, 7) is 1.99. The summed E-state index contributed by atoms with van der Waals surface area (Å²) in [6, 6.07) is 11.5. The number of alkyl carbamates (subject to hydrolysis) is 1. The Hall–Kier alpha value is -3.09. The average molecular weight is 368 g/mol. The van der Waals surface area contributed by atoms with Crippen LogP contribution in [0.25, 0.3) is 0 Å². The normalized spacial score (nSPS) is 14.5. The molecule has 0 spiro atoms. The molecule has 0 atom stereocenters. The van der Waals surface area contributed by atoms with Gasteiger partial charge in [-0.3, -0.25) is 9.78 Å². The molecule has 0 aliphatic carbocycles. The van der Waals surface area contributed by atoms with Crippen molar-refractivity contribution in [2.45, 2.75) is 25.4 Å². The summed E-state index contributed by atoms with van der Waals surface area (Å²) >= 11 is 0. The van der Waals surface area contributed by atoms with E-state index in [0.29, 0.717) is 12.1 Å². The molecule has 3 rings (SSSR count). The Labute approximate surface area is 158 Å². The maximum atomic E-state index is 12.7.